The third-order valence-electron chi connectivity index (χ3n) is 4.10. The molecule has 144 valence electrons. The zero-order valence-electron chi connectivity index (χ0n) is 15.8. The Kier molecular flexibility index (Phi) is 7.34. The monoisotopic (exact) mass is 505 g/mol. The van der Waals surface area contributed by atoms with E-state index >= 15 is 0 Å². The predicted octanol–water partition coefficient (Wildman–Crippen LogP) is 6.98. The first-order valence-electron chi connectivity index (χ1n) is 9.00. The molecule has 0 aliphatic rings. The Morgan fingerprint density at radius 3 is 2.50 bits per heavy atom. The van der Waals surface area contributed by atoms with Crippen molar-refractivity contribution in [3.8, 4) is 11.5 Å². The molecule has 0 aromatic heterocycles. The van der Waals surface area contributed by atoms with Crippen LogP contribution in [-0.2, 0) is 6.61 Å². The van der Waals surface area contributed by atoms with Gasteiger partial charge in [-0.25, -0.2) is 0 Å². The van der Waals surface area contributed by atoms with Gasteiger partial charge in [-0.2, -0.15) is 0 Å². The maximum Gasteiger partial charge on any atom is 0.175 e. The van der Waals surface area contributed by atoms with E-state index in [1.165, 1.54) is 0 Å². The SMILES string of the molecule is CCOc1cc(C=Nc2ccccc2C)cc(I)c1OCc1ccc(Cl)cc1. The highest BCUT2D eigenvalue weighted by Gasteiger charge is 2.12. The second kappa shape index (κ2) is 9.94. The van der Waals surface area contributed by atoms with E-state index in [0.29, 0.717) is 18.2 Å². The number of rotatable bonds is 7. The van der Waals surface area contributed by atoms with Gasteiger partial charge in [0.25, 0.3) is 0 Å². The highest BCUT2D eigenvalue weighted by Crippen LogP contribution is 2.35. The quantitative estimate of drug-likeness (QED) is 0.256. The van der Waals surface area contributed by atoms with Crippen LogP contribution >= 0.6 is 34.2 Å². The maximum absolute atomic E-state index is 6.06. The lowest BCUT2D eigenvalue weighted by atomic mass is 10.2. The Morgan fingerprint density at radius 1 is 1.04 bits per heavy atom. The highest BCUT2D eigenvalue weighted by atomic mass is 127. The molecule has 0 unspecified atom stereocenters. The van der Waals surface area contributed by atoms with E-state index in [1.54, 1.807) is 0 Å². The fourth-order valence-corrected chi connectivity index (χ4v) is 3.56. The van der Waals surface area contributed by atoms with E-state index < -0.39 is 0 Å². The molecule has 5 heteroatoms. The summed E-state index contributed by atoms with van der Waals surface area (Å²) in [6.45, 7) is 5.02. The molecular weight excluding hydrogens is 485 g/mol. The van der Waals surface area contributed by atoms with Gasteiger partial charge >= 0.3 is 0 Å². The van der Waals surface area contributed by atoms with E-state index in [9.17, 15) is 0 Å². The molecule has 0 radical (unpaired) electrons. The molecular formula is C23H21ClINO2. The number of aryl methyl sites for hydroxylation is 1. The zero-order valence-corrected chi connectivity index (χ0v) is 18.7. The lowest BCUT2D eigenvalue weighted by Crippen LogP contribution is -2.02. The van der Waals surface area contributed by atoms with Crippen molar-refractivity contribution in [1.82, 2.24) is 0 Å². The Balaban J connectivity index is 1.83. The van der Waals surface area contributed by atoms with Crippen LogP contribution < -0.4 is 9.47 Å². The Morgan fingerprint density at radius 2 is 1.79 bits per heavy atom. The van der Waals surface area contributed by atoms with E-state index in [-0.39, 0.29) is 0 Å². The van der Waals surface area contributed by atoms with Crippen molar-refractivity contribution in [2.45, 2.75) is 20.5 Å². The fraction of sp³-hybridized carbons (Fsp3) is 0.174. The summed E-state index contributed by atoms with van der Waals surface area (Å²) in [5.74, 6) is 1.46. The minimum Gasteiger partial charge on any atom is -0.490 e. The van der Waals surface area contributed by atoms with Crippen molar-refractivity contribution >= 4 is 46.1 Å². The van der Waals surface area contributed by atoms with Crippen molar-refractivity contribution < 1.29 is 9.47 Å². The van der Waals surface area contributed by atoms with E-state index in [2.05, 4.69) is 40.6 Å². The number of ether oxygens (including phenoxy) is 2. The van der Waals surface area contributed by atoms with Gasteiger partial charge < -0.3 is 9.47 Å². The molecule has 0 fully saturated rings. The van der Waals surface area contributed by atoms with E-state index in [0.717, 1.165) is 37.4 Å². The van der Waals surface area contributed by atoms with Gasteiger partial charge in [0.05, 0.1) is 15.9 Å². The van der Waals surface area contributed by atoms with Crippen molar-refractivity contribution in [2.24, 2.45) is 4.99 Å². The van der Waals surface area contributed by atoms with E-state index in [4.69, 9.17) is 21.1 Å². The van der Waals surface area contributed by atoms with Crippen LogP contribution in [0, 0.1) is 10.5 Å². The van der Waals surface area contributed by atoms with Crippen LogP contribution in [0.4, 0.5) is 5.69 Å². The molecule has 0 amide bonds. The van der Waals surface area contributed by atoms with Gasteiger partial charge in [0, 0.05) is 11.2 Å². The van der Waals surface area contributed by atoms with Gasteiger partial charge in [-0.1, -0.05) is 41.9 Å². The summed E-state index contributed by atoms with van der Waals surface area (Å²) < 4.78 is 12.9. The van der Waals surface area contributed by atoms with Gasteiger partial charge in [-0.15, -0.1) is 0 Å². The molecule has 0 bridgehead atoms. The normalized spacial score (nSPS) is 11.0. The second-order valence-corrected chi connectivity index (χ2v) is 7.82. The second-order valence-electron chi connectivity index (χ2n) is 6.22. The van der Waals surface area contributed by atoms with Crippen LogP contribution in [0.3, 0.4) is 0 Å². The number of halogens is 2. The predicted molar refractivity (Wildman–Crippen MR) is 125 cm³/mol. The molecule has 28 heavy (non-hydrogen) atoms. The van der Waals surface area contributed by atoms with Crippen LogP contribution in [-0.4, -0.2) is 12.8 Å². The summed E-state index contributed by atoms with van der Waals surface area (Å²) >= 11 is 8.22. The molecule has 3 rings (SSSR count). The molecule has 0 aliphatic carbocycles. The Bertz CT molecular complexity index is 971. The van der Waals surface area contributed by atoms with Gasteiger partial charge in [-0.05, 0) is 83.5 Å². The summed E-state index contributed by atoms with van der Waals surface area (Å²) in [4.78, 5) is 4.61. The van der Waals surface area contributed by atoms with Gasteiger partial charge in [0.2, 0.25) is 0 Å². The minimum atomic E-state index is 0.448. The molecule has 0 saturated heterocycles. The molecule has 0 atom stereocenters. The third kappa shape index (κ3) is 5.49. The summed E-state index contributed by atoms with van der Waals surface area (Å²) in [5, 5.41) is 0.714. The van der Waals surface area contributed by atoms with Crippen LogP contribution in [0.25, 0.3) is 0 Å². The lowest BCUT2D eigenvalue weighted by Gasteiger charge is -2.15. The smallest absolute Gasteiger partial charge is 0.175 e. The Labute approximate surface area is 184 Å². The van der Waals surface area contributed by atoms with Crippen molar-refractivity contribution in [2.75, 3.05) is 6.61 Å². The lowest BCUT2D eigenvalue weighted by molar-refractivity contribution is 0.267. The molecule has 0 saturated carbocycles. The average molecular weight is 506 g/mol. The number of para-hydroxylation sites is 1. The van der Waals surface area contributed by atoms with E-state index in [1.807, 2.05) is 67.7 Å². The minimum absolute atomic E-state index is 0.448. The molecule has 0 heterocycles. The summed E-state index contributed by atoms with van der Waals surface area (Å²) in [7, 11) is 0. The van der Waals surface area contributed by atoms with Crippen molar-refractivity contribution in [3.63, 3.8) is 0 Å². The molecule has 3 nitrogen and oxygen atoms in total. The van der Waals surface area contributed by atoms with Crippen molar-refractivity contribution in [3.05, 3.63) is 85.9 Å². The summed E-state index contributed by atoms with van der Waals surface area (Å²) in [5.41, 5.74) is 4.11. The highest BCUT2D eigenvalue weighted by molar-refractivity contribution is 14.1. The van der Waals surface area contributed by atoms with Crippen LogP contribution in [0.2, 0.25) is 5.02 Å². The number of hydrogen-bond donors (Lipinski definition) is 0. The summed E-state index contributed by atoms with van der Waals surface area (Å²) in [6, 6.07) is 19.7. The first-order chi connectivity index (χ1) is 13.6. The maximum atomic E-state index is 6.06. The average Bonchev–Trinajstić information content (AvgIpc) is 2.68. The first kappa shape index (κ1) is 20.7. The Hall–Kier alpha value is -2.05. The largest absolute Gasteiger partial charge is 0.490 e. The van der Waals surface area contributed by atoms with Crippen molar-refractivity contribution in [1.29, 1.82) is 0 Å². The van der Waals surface area contributed by atoms with Crippen LogP contribution in [0.5, 0.6) is 11.5 Å². The molecule has 3 aromatic rings. The number of hydrogen-bond acceptors (Lipinski definition) is 3. The fourth-order valence-electron chi connectivity index (χ4n) is 2.65. The number of nitrogens with zero attached hydrogens (tertiary/aromatic N) is 1. The first-order valence-corrected chi connectivity index (χ1v) is 10.5. The molecule has 0 N–H and O–H groups in total. The standard InChI is InChI=1S/C23H21ClINO2/c1-3-27-22-13-18(14-26-21-7-5-4-6-16(21)2)12-20(25)23(22)28-15-17-8-10-19(24)11-9-17/h4-14H,3,15H2,1-2H3. The topological polar surface area (TPSA) is 30.8 Å². The molecule has 3 aromatic carbocycles. The van der Waals surface area contributed by atoms with Gasteiger partial charge in [-0.3, -0.25) is 4.99 Å². The molecule has 0 spiro atoms. The number of benzene rings is 3. The summed E-state index contributed by atoms with van der Waals surface area (Å²) in [6.07, 6.45) is 1.86. The van der Waals surface area contributed by atoms with Gasteiger partial charge in [0.15, 0.2) is 11.5 Å². The zero-order chi connectivity index (χ0) is 19.9. The number of aliphatic imine (C=N–C) groups is 1. The van der Waals surface area contributed by atoms with Crippen LogP contribution in [0.1, 0.15) is 23.6 Å². The third-order valence-corrected chi connectivity index (χ3v) is 5.15. The van der Waals surface area contributed by atoms with Gasteiger partial charge in [0.1, 0.15) is 6.61 Å². The molecule has 0 aliphatic heterocycles. The van der Waals surface area contributed by atoms with Crippen LogP contribution in [0.15, 0.2) is 65.7 Å².